The molecule has 1 aromatic heterocycles. The summed E-state index contributed by atoms with van der Waals surface area (Å²) in [5.74, 6) is -0.150. The Morgan fingerprint density at radius 3 is 2.59 bits per heavy atom. The molecule has 172 valence electrons. The lowest BCUT2D eigenvalue weighted by Gasteiger charge is -2.30. The zero-order valence-electron chi connectivity index (χ0n) is 18.3. The predicted molar refractivity (Wildman–Crippen MR) is 116 cm³/mol. The summed E-state index contributed by atoms with van der Waals surface area (Å²) >= 11 is 0. The van der Waals surface area contributed by atoms with E-state index in [2.05, 4.69) is 10.3 Å². The molecule has 1 aliphatic heterocycles. The summed E-state index contributed by atoms with van der Waals surface area (Å²) in [5, 5.41) is 4.84. The Hall–Kier alpha value is -3.40. The molecule has 3 rings (SSSR count). The van der Waals surface area contributed by atoms with E-state index in [0.717, 1.165) is 6.07 Å². The summed E-state index contributed by atoms with van der Waals surface area (Å²) in [6.07, 6.45) is 0.710. The van der Waals surface area contributed by atoms with Crippen molar-refractivity contribution in [3.05, 3.63) is 46.8 Å². The van der Waals surface area contributed by atoms with E-state index in [0.29, 0.717) is 37.3 Å². The van der Waals surface area contributed by atoms with Gasteiger partial charge in [-0.05, 0) is 56.5 Å². The van der Waals surface area contributed by atoms with Gasteiger partial charge >= 0.3 is 6.16 Å². The second-order valence-corrected chi connectivity index (χ2v) is 7.38. The molecule has 0 saturated carbocycles. The molecule has 1 saturated heterocycles. The first-order chi connectivity index (χ1) is 15.3. The summed E-state index contributed by atoms with van der Waals surface area (Å²) in [6.45, 7) is 4.65. The minimum Gasteiger partial charge on any atom is -0.496 e. The number of nitrogens with zero attached hydrogens (tertiary/aromatic N) is 2. The maximum absolute atomic E-state index is 14.0. The highest BCUT2D eigenvalue weighted by atomic mass is 19.1. The summed E-state index contributed by atoms with van der Waals surface area (Å²) in [4.78, 5) is 33.7. The molecule has 0 spiro atoms. The number of rotatable bonds is 7. The van der Waals surface area contributed by atoms with E-state index in [-0.39, 0.29) is 35.3 Å². The monoisotopic (exact) mass is 446 g/mol. The van der Waals surface area contributed by atoms with Crippen molar-refractivity contribution >= 4 is 23.6 Å². The Balaban J connectivity index is 1.65. The van der Waals surface area contributed by atoms with Crippen molar-refractivity contribution in [2.24, 2.45) is 0 Å². The van der Waals surface area contributed by atoms with E-state index in [4.69, 9.17) is 20.0 Å². The van der Waals surface area contributed by atoms with Crippen molar-refractivity contribution in [1.82, 2.24) is 10.0 Å². The standard InChI is InChI=1S/C22H27FN4O5/c1-4-31-22(29)32-27-9-7-14(8-10-27)25-19-6-5-15(21(24)26-19)20(28)16-12-17(23)13(2)11-18(16)30-3/h5-6,11-12,14H,4,7-10H2,1-3H3,(H3,24,25,26). The number of nitrogens with one attached hydrogen (secondary N) is 1. The number of piperidine rings is 1. The highest BCUT2D eigenvalue weighted by molar-refractivity contribution is 6.13. The largest absolute Gasteiger partial charge is 0.527 e. The molecule has 1 aromatic carbocycles. The lowest BCUT2D eigenvalue weighted by Crippen LogP contribution is -2.40. The van der Waals surface area contributed by atoms with Gasteiger partial charge in [-0.2, -0.15) is 0 Å². The van der Waals surface area contributed by atoms with Crippen molar-refractivity contribution in [2.45, 2.75) is 32.7 Å². The van der Waals surface area contributed by atoms with Crippen LogP contribution < -0.4 is 15.8 Å². The maximum Gasteiger partial charge on any atom is 0.527 e. The van der Waals surface area contributed by atoms with Crippen LogP contribution in [0.1, 0.15) is 41.3 Å². The van der Waals surface area contributed by atoms with Crippen molar-refractivity contribution in [3.8, 4) is 5.75 Å². The van der Waals surface area contributed by atoms with Crippen LogP contribution in [0.3, 0.4) is 0 Å². The maximum atomic E-state index is 14.0. The number of ketones is 1. The molecule has 1 fully saturated rings. The van der Waals surface area contributed by atoms with E-state index in [1.54, 1.807) is 31.0 Å². The second-order valence-electron chi connectivity index (χ2n) is 7.38. The van der Waals surface area contributed by atoms with Crippen LogP contribution in [0, 0.1) is 12.7 Å². The fraction of sp³-hybridized carbons (Fsp3) is 0.409. The van der Waals surface area contributed by atoms with Crippen LogP contribution in [0.15, 0.2) is 24.3 Å². The fourth-order valence-electron chi connectivity index (χ4n) is 3.44. The molecule has 10 heteroatoms. The first kappa shape index (κ1) is 23.3. The molecule has 0 bridgehead atoms. The molecule has 0 radical (unpaired) electrons. The van der Waals surface area contributed by atoms with Gasteiger partial charge in [0.2, 0.25) is 5.78 Å². The SMILES string of the molecule is CCOC(=O)ON1CCC(Nc2ccc(C(=O)c3cc(F)c(C)cc3OC)c(N)n2)CC1. The number of halogens is 1. The predicted octanol–water partition coefficient (Wildman–Crippen LogP) is 3.32. The van der Waals surface area contributed by atoms with E-state index in [1.165, 1.54) is 13.2 Å². The zero-order chi connectivity index (χ0) is 23.3. The number of methoxy groups -OCH3 is 1. The van der Waals surface area contributed by atoms with Crippen molar-refractivity contribution in [1.29, 1.82) is 0 Å². The molecule has 1 aliphatic rings. The third kappa shape index (κ3) is 5.44. The van der Waals surface area contributed by atoms with E-state index < -0.39 is 17.8 Å². The van der Waals surface area contributed by atoms with Gasteiger partial charge in [0, 0.05) is 19.1 Å². The summed E-state index contributed by atoms with van der Waals surface area (Å²) in [6, 6.07) is 5.93. The number of anilines is 2. The lowest BCUT2D eigenvalue weighted by molar-refractivity contribution is -0.137. The van der Waals surface area contributed by atoms with Gasteiger partial charge in [0.05, 0.1) is 24.8 Å². The molecule has 3 N–H and O–H groups in total. The van der Waals surface area contributed by atoms with Gasteiger partial charge in [0.15, 0.2) is 0 Å². The second kappa shape index (κ2) is 10.3. The topological polar surface area (TPSA) is 116 Å². The van der Waals surface area contributed by atoms with Crippen LogP contribution >= 0.6 is 0 Å². The Kier molecular flexibility index (Phi) is 7.47. The van der Waals surface area contributed by atoms with E-state index >= 15 is 0 Å². The van der Waals surface area contributed by atoms with Crippen LogP contribution in [0.2, 0.25) is 0 Å². The van der Waals surface area contributed by atoms with Gasteiger partial charge in [-0.15, -0.1) is 5.06 Å². The first-order valence-corrected chi connectivity index (χ1v) is 10.3. The van der Waals surface area contributed by atoms with Crippen molar-refractivity contribution < 1.29 is 28.3 Å². The van der Waals surface area contributed by atoms with Gasteiger partial charge in [-0.3, -0.25) is 4.79 Å². The van der Waals surface area contributed by atoms with E-state index in [9.17, 15) is 14.0 Å². The normalized spacial score (nSPS) is 14.6. The Morgan fingerprint density at radius 2 is 1.97 bits per heavy atom. The van der Waals surface area contributed by atoms with Gasteiger partial charge in [0.25, 0.3) is 0 Å². The molecular formula is C22H27FN4O5. The number of nitrogen functional groups attached to an aromatic ring is 1. The Bertz CT molecular complexity index is 993. The number of aryl methyl sites for hydroxylation is 1. The number of hydrogen-bond donors (Lipinski definition) is 2. The quantitative estimate of drug-likeness (QED) is 0.488. The van der Waals surface area contributed by atoms with Gasteiger partial charge in [-0.1, -0.05) is 0 Å². The summed E-state index contributed by atoms with van der Waals surface area (Å²) in [5.41, 5.74) is 6.67. The smallest absolute Gasteiger partial charge is 0.496 e. The number of carbonyl (C=O) groups is 2. The van der Waals surface area contributed by atoms with Crippen LogP contribution in [-0.4, -0.2) is 54.8 Å². The van der Waals surface area contributed by atoms with Crippen LogP contribution in [-0.2, 0) is 9.57 Å². The molecule has 0 unspecified atom stereocenters. The van der Waals surface area contributed by atoms with Crippen LogP contribution in [0.25, 0.3) is 0 Å². The number of benzene rings is 1. The minimum atomic E-state index is -0.710. The summed E-state index contributed by atoms with van der Waals surface area (Å²) < 4.78 is 24.0. The number of hydroxylamine groups is 2. The van der Waals surface area contributed by atoms with Gasteiger partial charge in [-0.25, -0.2) is 14.2 Å². The van der Waals surface area contributed by atoms with Crippen LogP contribution in [0.4, 0.5) is 20.8 Å². The van der Waals surface area contributed by atoms with E-state index in [1.807, 2.05) is 0 Å². The van der Waals surface area contributed by atoms with Gasteiger partial charge < -0.3 is 25.4 Å². The van der Waals surface area contributed by atoms with Crippen LogP contribution in [0.5, 0.6) is 5.75 Å². The third-order valence-corrected chi connectivity index (χ3v) is 5.17. The highest BCUT2D eigenvalue weighted by Crippen LogP contribution is 2.27. The molecule has 0 amide bonds. The number of carbonyl (C=O) groups excluding carboxylic acids is 2. The molecule has 0 atom stereocenters. The Labute approximate surface area is 185 Å². The molecule has 2 aromatic rings. The molecule has 9 nitrogen and oxygen atoms in total. The lowest BCUT2D eigenvalue weighted by atomic mass is 10.0. The third-order valence-electron chi connectivity index (χ3n) is 5.17. The number of ether oxygens (including phenoxy) is 2. The molecule has 32 heavy (non-hydrogen) atoms. The van der Waals surface area contributed by atoms with Crippen molar-refractivity contribution in [2.75, 3.05) is 37.9 Å². The number of hydrogen-bond acceptors (Lipinski definition) is 9. The van der Waals surface area contributed by atoms with Gasteiger partial charge in [0.1, 0.15) is 23.2 Å². The minimum absolute atomic E-state index is 0.0334. The molecular weight excluding hydrogens is 419 g/mol. The fourth-order valence-corrected chi connectivity index (χ4v) is 3.44. The summed E-state index contributed by atoms with van der Waals surface area (Å²) in [7, 11) is 1.42. The Morgan fingerprint density at radius 1 is 1.25 bits per heavy atom. The van der Waals surface area contributed by atoms with Crippen molar-refractivity contribution in [3.63, 3.8) is 0 Å². The number of pyridine rings is 1. The number of aromatic nitrogens is 1. The number of nitrogens with two attached hydrogens (primary N) is 1. The highest BCUT2D eigenvalue weighted by Gasteiger charge is 2.24. The first-order valence-electron chi connectivity index (χ1n) is 10.3. The molecule has 2 heterocycles. The average Bonchev–Trinajstić information content (AvgIpc) is 2.76. The average molecular weight is 446 g/mol. The zero-order valence-corrected chi connectivity index (χ0v) is 18.3. The molecule has 0 aliphatic carbocycles.